The van der Waals surface area contributed by atoms with Crippen LogP contribution >= 0.6 is 0 Å². The van der Waals surface area contributed by atoms with Gasteiger partial charge in [0.25, 0.3) is 0 Å². The summed E-state index contributed by atoms with van der Waals surface area (Å²) in [6.45, 7) is 10.5. The zero-order valence-corrected chi connectivity index (χ0v) is 9.84. The van der Waals surface area contributed by atoms with Crippen LogP contribution in [0.2, 0.25) is 0 Å². The van der Waals surface area contributed by atoms with Crippen molar-refractivity contribution in [2.45, 2.75) is 52.7 Å². The van der Waals surface area contributed by atoms with E-state index in [1.807, 2.05) is 13.8 Å². The highest BCUT2D eigenvalue weighted by Crippen LogP contribution is 2.13. The Bertz CT molecular complexity index is 109. The Kier molecular flexibility index (Phi) is 7.29. The van der Waals surface area contributed by atoms with Gasteiger partial charge in [-0.25, -0.2) is 0 Å². The van der Waals surface area contributed by atoms with Crippen LogP contribution in [0.5, 0.6) is 0 Å². The predicted octanol–water partition coefficient (Wildman–Crippen LogP) is 2.53. The number of rotatable bonds is 3. The Balaban J connectivity index is 0.000000671. The smallest absolute Gasteiger partial charge is 0.0702 e. The second-order valence-electron chi connectivity index (χ2n) is 3.67. The van der Waals surface area contributed by atoms with Crippen LogP contribution in [0.3, 0.4) is 0 Å². The van der Waals surface area contributed by atoms with E-state index in [0.717, 1.165) is 13.2 Å². The normalized spacial score (nSPS) is 21.9. The molecule has 80 valence electrons. The lowest BCUT2D eigenvalue weighted by Crippen LogP contribution is -2.33. The van der Waals surface area contributed by atoms with Crippen LogP contribution in [-0.4, -0.2) is 37.2 Å². The van der Waals surface area contributed by atoms with E-state index in [-0.39, 0.29) is 0 Å². The average Bonchev–Trinajstić information content (AvgIpc) is 2.60. The van der Waals surface area contributed by atoms with E-state index in [9.17, 15) is 0 Å². The second-order valence-corrected chi connectivity index (χ2v) is 3.67. The number of likely N-dealkylation sites (N-methyl/N-ethyl adjacent to an activating group) is 1. The zero-order valence-electron chi connectivity index (χ0n) is 9.84. The minimum absolute atomic E-state index is 0.502. The van der Waals surface area contributed by atoms with E-state index in [2.05, 4.69) is 25.8 Å². The van der Waals surface area contributed by atoms with E-state index in [0.29, 0.717) is 12.1 Å². The molecular weight excluding hydrogens is 162 g/mol. The van der Waals surface area contributed by atoms with Crippen LogP contribution in [0.15, 0.2) is 0 Å². The Hall–Kier alpha value is -0.0800. The largest absolute Gasteiger partial charge is 0.377 e. The van der Waals surface area contributed by atoms with Gasteiger partial charge in [-0.05, 0) is 33.7 Å². The maximum atomic E-state index is 5.53. The quantitative estimate of drug-likeness (QED) is 0.673. The van der Waals surface area contributed by atoms with E-state index in [1.54, 1.807) is 0 Å². The first-order valence-corrected chi connectivity index (χ1v) is 5.52. The zero-order chi connectivity index (χ0) is 10.3. The fourth-order valence-corrected chi connectivity index (χ4v) is 1.32. The van der Waals surface area contributed by atoms with Gasteiger partial charge in [-0.1, -0.05) is 13.8 Å². The first kappa shape index (κ1) is 12.9. The number of nitrogens with zero attached hydrogens (tertiary/aromatic N) is 1. The van der Waals surface area contributed by atoms with Gasteiger partial charge in [0.1, 0.15) is 0 Å². The third-order valence-corrected chi connectivity index (χ3v) is 2.40. The topological polar surface area (TPSA) is 12.5 Å². The van der Waals surface area contributed by atoms with Crippen LogP contribution < -0.4 is 0 Å². The minimum Gasteiger partial charge on any atom is -0.377 e. The monoisotopic (exact) mass is 187 g/mol. The molecule has 1 rings (SSSR count). The molecule has 0 aromatic heterocycles. The molecule has 0 aliphatic carbocycles. The molecule has 1 unspecified atom stereocenters. The highest BCUT2D eigenvalue weighted by molar-refractivity contribution is 4.69. The van der Waals surface area contributed by atoms with Crippen molar-refractivity contribution < 1.29 is 4.74 Å². The molecule has 1 saturated heterocycles. The van der Waals surface area contributed by atoms with Crippen molar-refractivity contribution in [3.05, 3.63) is 0 Å². The van der Waals surface area contributed by atoms with Gasteiger partial charge in [-0.15, -0.1) is 0 Å². The van der Waals surface area contributed by atoms with Gasteiger partial charge in [0, 0.05) is 19.2 Å². The molecule has 1 fully saturated rings. The molecule has 0 amide bonds. The summed E-state index contributed by atoms with van der Waals surface area (Å²) in [5, 5.41) is 0. The maximum Gasteiger partial charge on any atom is 0.0702 e. The van der Waals surface area contributed by atoms with Gasteiger partial charge < -0.3 is 9.64 Å². The van der Waals surface area contributed by atoms with Gasteiger partial charge in [-0.3, -0.25) is 0 Å². The summed E-state index contributed by atoms with van der Waals surface area (Å²) >= 11 is 0. The van der Waals surface area contributed by atoms with Crippen LogP contribution in [0, 0.1) is 0 Å². The highest BCUT2D eigenvalue weighted by atomic mass is 16.5. The van der Waals surface area contributed by atoms with Crippen molar-refractivity contribution >= 4 is 0 Å². The molecule has 2 nitrogen and oxygen atoms in total. The fourth-order valence-electron chi connectivity index (χ4n) is 1.32. The lowest BCUT2D eigenvalue weighted by Gasteiger charge is -2.23. The van der Waals surface area contributed by atoms with Crippen LogP contribution in [0.4, 0.5) is 0 Å². The van der Waals surface area contributed by atoms with Gasteiger partial charge in [-0.2, -0.15) is 0 Å². The lowest BCUT2D eigenvalue weighted by molar-refractivity contribution is 0.0728. The molecule has 1 aliphatic heterocycles. The number of hydrogen-bond acceptors (Lipinski definition) is 2. The summed E-state index contributed by atoms with van der Waals surface area (Å²) in [5.41, 5.74) is 0. The Morgan fingerprint density at radius 2 is 2.00 bits per heavy atom. The number of hydrogen-bond donors (Lipinski definition) is 0. The predicted molar refractivity (Wildman–Crippen MR) is 58.1 cm³/mol. The molecule has 2 heteroatoms. The summed E-state index contributed by atoms with van der Waals surface area (Å²) in [4.78, 5) is 2.34. The molecule has 1 atom stereocenters. The minimum atomic E-state index is 0.502. The van der Waals surface area contributed by atoms with Crippen molar-refractivity contribution in [3.8, 4) is 0 Å². The standard InChI is InChI=1S/C9H19NO.C2H6/c1-8(2)10(3)7-9-5-4-6-11-9;1-2/h8-9H,4-7H2,1-3H3;1-2H3. The third-order valence-electron chi connectivity index (χ3n) is 2.40. The highest BCUT2D eigenvalue weighted by Gasteiger charge is 2.17. The molecule has 0 bridgehead atoms. The van der Waals surface area contributed by atoms with Crippen LogP contribution in [-0.2, 0) is 4.74 Å². The summed E-state index contributed by atoms with van der Waals surface area (Å²) in [5.74, 6) is 0. The Morgan fingerprint density at radius 1 is 1.38 bits per heavy atom. The van der Waals surface area contributed by atoms with E-state index < -0.39 is 0 Å². The Labute approximate surface area is 83.3 Å². The van der Waals surface area contributed by atoms with Crippen molar-refractivity contribution in [2.24, 2.45) is 0 Å². The molecule has 0 radical (unpaired) electrons. The van der Waals surface area contributed by atoms with Gasteiger partial charge in [0.05, 0.1) is 6.10 Å². The van der Waals surface area contributed by atoms with Crippen molar-refractivity contribution in [1.29, 1.82) is 0 Å². The average molecular weight is 187 g/mol. The molecule has 1 aliphatic rings. The van der Waals surface area contributed by atoms with Crippen molar-refractivity contribution in [3.63, 3.8) is 0 Å². The summed E-state index contributed by atoms with van der Waals surface area (Å²) in [6, 6.07) is 0.638. The maximum absolute atomic E-state index is 5.53. The van der Waals surface area contributed by atoms with Crippen molar-refractivity contribution in [1.82, 2.24) is 4.90 Å². The van der Waals surface area contributed by atoms with Crippen molar-refractivity contribution in [2.75, 3.05) is 20.2 Å². The lowest BCUT2D eigenvalue weighted by atomic mass is 10.2. The van der Waals surface area contributed by atoms with Gasteiger partial charge >= 0.3 is 0 Å². The van der Waals surface area contributed by atoms with E-state index >= 15 is 0 Å². The molecule has 0 N–H and O–H groups in total. The summed E-state index contributed by atoms with van der Waals surface area (Å²) in [7, 11) is 2.16. The molecular formula is C11H25NO. The van der Waals surface area contributed by atoms with Crippen LogP contribution in [0.25, 0.3) is 0 Å². The molecule has 13 heavy (non-hydrogen) atoms. The number of ether oxygens (including phenoxy) is 1. The van der Waals surface area contributed by atoms with E-state index in [1.165, 1.54) is 12.8 Å². The second kappa shape index (κ2) is 7.34. The first-order valence-electron chi connectivity index (χ1n) is 5.52. The molecule has 0 aromatic carbocycles. The summed E-state index contributed by atoms with van der Waals surface area (Å²) in [6.07, 6.45) is 3.00. The van der Waals surface area contributed by atoms with E-state index in [4.69, 9.17) is 4.74 Å². The summed E-state index contributed by atoms with van der Waals surface area (Å²) < 4.78 is 5.53. The van der Waals surface area contributed by atoms with Gasteiger partial charge in [0.15, 0.2) is 0 Å². The Morgan fingerprint density at radius 3 is 2.38 bits per heavy atom. The molecule has 0 spiro atoms. The third kappa shape index (κ3) is 5.27. The first-order chi connectivity index (χ1) is 6.20. The SMILES string of the molecule is CC.CC(C)N(C)CC1CCCO1. The van der Waals surface area contributed by atoms with Gasteiger partial charge in [0.2, 0.25) is 0 Å². The van der Waals surface area contributed by atoms with Crippen LogP contribution in [0.1, 0.15) is 40.5 Å². The fraction of sp³-hybridized carbons (Fsp3) is 1.00. The molecule has 0 saturated carbocycles. The molecule has 1 heterocycles. The molecule has 0 aromatic rings.